The van der Waals surface area contributed by atoms with Crippen LogP contribution in [0.1, 0.15) is 76.6 Å². The first-order valence-electron chi connectivity index (χ1n) is 19.6. The second kappa shape index (κ2) is 11.6. The quantitative estimate of drug-likeness (QED) is 0.172. The van der Waals surface area contributed by atoms with E-state index in [1.807, 2.05) is 0 Å². The van der Waals surface area contributed by atoms with E-state index in [-0.39, 0.29) is 10.8 Å². The van der Waals surface area contributed by atoms with Crippen LogP contribution in [0.3, 0.4) is 0 Å². The average molecular weight is 695 g/mol. The predicted molar refractivity (Wildman–Crippen MR) is 233 cm³/mol. The van der Waals surface area contributed by atoms with Crippen LogP contribution in [0.2, 0.25) is 0 Å². The highest BCUT2D eigenvalue weighted by Gasteiger charge is 2.39. The maximum absolute atomic E-state index is 2.51. The lowest BCUT2D eigenvalue weighted by Crippen LogP contribution is -2.18. The monoisotopic (exact) mass is 694 g/mol. The minimum Gasteiger partial charge on any atom is -0.0622 e. The lowest BCUT2D eigenvalue weighted by molar-refractivity contribution is 0.584. The lowest BCUT2D eigenvalue weighted by atomic mass is 9.78. The predicted octanol–water partition coefficient (Wildman–Crippen LogP) is 15.4. The molecule has 0 spiro atoms. The van der Waals surface area contributed by atoms with E-state index in [1.54, 1.807) is 0 Å². The number of rotatable bonds is 4. The van der Waals surface area contributed by atoms with Crippen LogP contribution in [0, 0.1) is 0 Å². The standard InChI is InChI=1S/C54H46/c1-32(2)35-29-44(50-41-26-25-36(53(3,4)5)31-45(41)54(6,7)46(50)30-35)37-27-28-43-49-38(37)23-16-24-42(49)51-47(33-17-10-8-11-18-33)39-21-14-15-22-40(39)48(52(43)51)34-19-12-9-13-20-34/h8-32H,1-7H3. The number of benzene rings is 8. The van der Waals surface area contributed by atoms with Crippen molar-refractivity contribution in [3.63, 3.8) is 0 Å². The van der Waals surface area contributed by atoms with E-state index < -0.39 is 0 Å². The van der Waals surface area contributed by atoms with Gasteiger partial charge in [-0.2, -0.15) is 0 Å². The summed E-state index contributed by atoms with van der Waals surface area (Å²) in [5, 5.41) is 5.27. The molecule has 0 nitrogen and oxygen atoms in total. The van der Waals surface area contributed by atoms with Gasteiger partial charge in [-0.05, 0) is 122 Å². The molecule has 2 aliphatic carbocycles. The van der Waals surface area contributed by atoms with Crippen molar-refractivity contribution in [2.75, 3.05) is 0 Å². The molecule has 0 aromatic heterocycles. The van der Waals surface area contributed by atoms with Crippen molar-refractivity contribution < 1.29 is 0 Å². The Kier molecular flexibility index (Phi) is 7.09. The second-order valence-corrected chi connectivity index (χ2v) is 17.4. The molecule has 54 heavy (non-hydrogen) atoms. The molecule has 8 aromatic carbocycles. The molecule has 0 saturated heterocycles. The first kappa shape index (κ1) is 32.9. The van der Waals surface area contributed by atoms with E-state index in [4.69, 9.17) is 0 Å². The molecule has 0 saturated carbocycles. The Labute approximate surface area is 320 Å². The van der Waals surface area contributed by atoms with Gasteiger partial charge < -0.3 is 0 Å². The summed E-state index contributed by atoms with van der Waals surface area (Å²) >= 11 is 0. The summed E-state index contributed by atoms with van der Waals surface area (Å²) < 4.78 is 0. The van der Waals surface area contributed by atoms with E-state index >= 15 is 0 Å². The maximum Gasteiger partial charge on any atom is 0.0159 e. The second-order valence-electron chi connectivity index (χ2n) is 17.4. The molecule has 0 fully saturated rings. The zero-order valence-corrected chi connectivity index (χ0v) is 32.4. The Morgan fingerprint density at radius 2 is 0.963 bits per heavy atom. The van der Waals surface area contributed by atoms with E-state index in [1.165, 1.54) is 111 Å². The van der Waals surface area contributed by atoms with Gasteiger partial charge in [0.25, 0.3) is 0 Å². The van der Waals surface area contributed by atoms with Crippen molar-refractivity contribution in [1.82, 2.24) is 0 Å². The van der Waals surface area contributed by atoms with Gasteiger partial charge in [0.15, 0.2) is 0 Å². The fourth-order valence-electron chi connectivity index (χ4n) is 9.73. The van der Waals surface area contributed by atoms with Gasteiger partial charge in [0.05, 0.1) is 0 Å². The van der Waals surface area contributed by atoms with Gasteiger partial charge in [0.2, 0.25) is 0 Å². The number of hydrogen-bond donors (Lipinski definition) is 0. The fraction of sp³-hybridized carbons (Fsp3) is 0.185. The molecule has 10 rings (SSSR count). The molecule has 0 amide bonds. The zero-order valence-electron chi connectivity index (χ0n) is 32.4. The normalized spacial score (nSPS) is 13.8. The summed E-state index contributed by atoms with van der Waals surface area (Å²) in [6.45, 7) is 16.5. The molecule has 262 valence electrons. The highest BCUT2D eigenvalue weighted by molar-refractivity contribution is 6.29. The van der Waals surface area contributed by atoms with E-state index in [2.05, 4.69) is 194 Å². The van der Waals surface area contributed by atoms with Crippen LogP contribution >= 0.6 is 0 Å². The van der Waals surface area contributed by atoms with Crippen molar-refractivity contribution in [2.45, 2.75) is 65.2 Å². The highest BCUT2D eigenvalue weighted by atomic mass is 14.4. The average Bonchev–Trinajstić information content (AvgIpc) is 3.63. The highest BCUT2D eigenvalue weighted by Crippen LogP contribution is 2.60. The van der Waals surface area contributed by atoms with Gasteiger partial charge in [-0.3, -0.25) is 0 Å². The summed E-state index contributed by atoms with van der Waals surface area (Å²) in [6, 6.07) is 55.4. The first-order valence-corrected chi connectivity index (χ1v) is 19.6. The van der Waals surface area contributed by atoms with Crippen molar-refractivity contribution in [3.05, 3.63) is 168 Å². The molecule has 0 heteroatoms. The summed E-state index contributed by atoms with van der Waals surface area (Å²) in [4.78, 5) is 0. The SMILES string of the molecule is CC(C)c1cc(-c2ccc3c4c(cccc24)-c2c-3c(-c3ccccc3)c3ccccc3c2-c2ccccc2)c2c(c1)C(C)(C)c1cc(C(C)(C)C)ccc1-2. The Morgan fingerprint density at radius 3 is 1.56 bits per heavy atom. The van der Waals surface area contributed by atoms with Gasteiger partial charge in [0, 0.05) is 5.41 Å². The number of fused-ring (bicyclic) bond motifs is 7. The third kappa shape index (κ3) is 4.62. The molecular formula is C54H46. The summed E-state index contributed by atoms with van der Waals surface area (Å²) in [5.41, 5.74) is 21.6. The van der Waals surface area contributed by atoms with E-state index in [0.717, 1.165) is 0 Å². The van der Waals surface area contributed by atoms with Gasteiger partial charge in [-0.25, -0.2) is 0 Å². The molecular weight excluding hydrogens is 649 g/mol. The zero-order chi connectivity index (χ0) is 37.1. The van der Waals surface area contributed by atoms with Gasteiger partial charge in [-0.15, -0.1) is 0 Å². The Morgan fingerprint density at radius 1 is 0.426 bits per heavy atom. The molecule has 0 atom stereocenters. The lowest BCUT2D eigenvalue weighted by Gasteiger charge is -2.26. The topological polar surface area (TPSA) is 0 Å². The van der Waals surface area contributed by atoms with Crippen LogP contribution in [0.25, 0.3) is 88.3 Å². The van der Waals surface area contributed by atoms with Crippen LogP contribution in [-0.2, 0) is 10.8 Å². The van der Waals surface area contributed by atoms with Crippen molar-refractivity contribution in [1.29, 1.82) is 0 Å². The molecule has 0 N–H and O–H groups in total. The van der Waals surface area contributed by atoms with Crippen LogP contribution in [0.15, 0.2) is 146 Å². The van der Waals surface area contributed by atoms with Gasteiger partial charge in [-0.1, -0.05) is 194 Å². The van der Waals surface area contributed by atoms with Crippen LogP contribution in [0.4, 0.5) is 0 Å². The van der Waals surface area contributed by atoms with Gasteiger partial charge in [0.1, 0.15) is 0 Å². The Balaban J connectivity index is 1.32. The maximum atomic E-state index is 2.51. The smallest absolute Gasteiger partial charge is 0.0159 e. The molecule has 0 aliphatic heterocycles. The van der Waals surface area contributed by atoms with Crippen LogP contribution < -0.4 is 0 Å². The third-order valence-corrected chi connectivity index (χ3v) is 12.5. The van der Waals surface area contributed by atoms with Crippen molar-refractivity contribution in [3.8, 4) is 66.8 Å². The van der Waals surface area contributed by atoms with Gasteiger partial charge >= 0.3 is 0 Å². The number of hydrogen-bond acceptors (Lipinski definition) is 0. The first-order chi connectivity index (χ1) is 26.0. The van der Waals surface area contributed by atoms with Crippen molar-refractivity contribution in [2.24, 2.45) is 0 Å². The van der Waals surface area contributed by atoms with Crippen LogP contribution in [0.5, 0.6) is 0 Å². The van der Waals surface area contributed by atoms with E-state index in [0.29, 0.717) is 5.92 Å². The summed E-state index contributed by atoms with van der Waals surface area (Å²) in [7, 11) is 0. The largest absolute Gasteiger partial charge is 0.0622 e. The molecule has 2 aliphatic rings. The molecule has 8 aromatic rings. The Hall–Kier alpha value is -5.72. The minimum atomic E-state index is -0.105. The molecule has 0 radical (unpaired) electrons. The summed E-state index contributed by atoms with van der Waals surface area (Å²) in [5.74, 6) is 0.411. The molecule has 0 bridgehead atoms. The van der Waals surface area contributed by atoms with Crippen LogP contribution in [-0.4, -0.2) is 0 Å². The molecule has 0 unspecified atom stereocenters. The summed E-state index contributed by atoms with van der Waals surface area (Å²) in [6.07, 6.45) is 0. The fourth-order valence-corrected chi connectivity index (χ4v) is 9.73. The van der Waals surface area contributed by atoms with E-state index in [9.17, 15) is 0 Å². The Bertz CT molecular complexity index is 2730. The minimum absolute atomic E-state index is 0.0838. The van der Waals surface area contributed by atoms with Crippen molar-refractivity contribution >= 4 is 21.5 Å². The molecule has 0 heterocycles. The third-order valence-electron chi connectivity index (χ3n) is 12.5.